The number of fused-ring (bicyclic) bond motifs is 1. The zero-order chi connectivity index (χ0) is 14.7. The highest BCUT2D eigenvalue weighted by Gasteiger charge is 2.07. The van der Waals surface area contributed by atoms with Crippen LogP contribution in [0.5, 0.6) is 5.75 Å². The molecule has 2 aromatic carbocycles. The van der Waals surface area contributed by atoms with Crippen molar-refractivity contribution in [3.8, 4) is 5.75 Å². The largest absolute Gasteiger partial charge is 0.494 e. The zero-order valence-electron chi connectivity index (χ0n) is 11.8. The van der Waals surface area contributed by atoms with Gasteiger partial charge in [0, 0.05) is 4.90 Å². The Hall–Kier alpha value is -1.17. The van der Waals surface area contributed by atoms with E-state index < -0.39 is 0 Å². The van der Waals surface area contributed by atoms with Gasteiger partial charge in [-0.1, -0.05) is 28.5 Å². The van der Waals surface area contributed by atoms with Crippen LogP contribution in [0, 0.1) is 6.92 Å². The first-order valence-electron chi connectivity index (χ1n) is 6.69. The van der Waals surface area contributed by atoms with Gasteiger partial charge in [-0.15, -0.1) is 11.3 Å². The topological polar surface area (TPSA) is 22.1 Å². The van der Waals surface area contributed by atoms with Crippen molar-refractivity contribution in [3.05, 3.63) is 48.0 Å². The second-order valence-corrected chi connectivity index (χ2v) is 8.00. The van der Waals surface area contributed by atoms with E-state index in [9.17, 15) is 0 Å². The van der Waals surface area contributed by atoms with Gasteiger partial charge >= 0.3 is 0 Å². The molecule has 0 saturated heterocycles. The smallest absolute Gasteiger partial charge is 0.162 e. The Balaban J connectivity index is 1.73. The molecule has 2 nitrogen and oxygen atoms in total. The lowest BCUT2D eigenvalue weighted by Gasteiger charge is -2.00. The molecule has 0 aliphatic rings. The average molecular weight is 334 g/mol. The molecule has 3 rings (SSSR count). The molecule has 0 radical (unpaired) electrons. The quantitative estimate of drug-likeness (QED) is 0.550. The molecule has 0 spiro atoms. The fourth-order valence-electron chi connectivity index (χ4n) is 1.85. The lowest BCUT2D eigenvalue weighted by molar-refractivity contribution is 0.341. The van der Waals surface area contributed by atoms with E-state index in [1.54, 1.807) is 32.9 Å². The summed E-state index contributed by atoms with van der Waals surface area (Å²) in [5, 5.41) is 0. The lowest BCUT2D eigenvalue weighted by atomic mass is 10.2. The molecule has 3 aromatic rings. The second-order valence-electron chi connectivity index (χ2n) is 4.52. The third kappa shape index (κ3) is 3.73. The summed E-state index contributed by atoms with van der Waals surface area (Å²) in [7, 11) is 3.45. The number of hydrogen-bond donors (Lipinski definition) is 0. The van der Waals surface area contributed by atoms with Crippen LogP contribution in [0.3, 0.4) is 0 Å². The molecule has 0 bridgehead atoms. The third-order valence-corrected chi connectivity index (χ3v) is 6.59. The van der Waals surface area contributed by atoms with Crippen LogP contribution < -0.4 is 4.74 Å². The molecule has 108 valence electrons. The number of thiazole rings is 1. The van der Waals surface area contributed by atoms with Gasteiger partial charge < -0.3 is 4.74 Å². The number of hydrogen-bond acceptors (Lipinski definition) is 5. The minimum atomic E-state index is 0.690. The number of rotatable bonds is 5. The van der Waals surface area contributed by atoms with E-state index in [1.165, 1.54) is 15.2 Å². The Kier molecular flexibility index (Phi) is 4.73. The minimum Gasteiger partial charge on any atom is -0.494 e. The molecule has 0 N–H and O–H groups in total. The molecule has 0 aliphatic heterocycles. The Morgan fingerprint density at radius 1 is 1.10 bits per heavy atom. The van der Waals surface area contributed by atoms with E-state index in [2.05, 4.69) is 42.2 Å². The summed E-state index contributed by atoms with van der Waals surface area (Å²) in [5.41, 5.74) is 2.32. The highest BCUT2D eigenvalue weighted by Crippen LogP contribution is 2.41. The van der Waals surface area contributed by atoms with Crippen LogP contribution in [-0.4, -0.2) is 11.6 Å². The normalized spacial score (nSPS) is 11.0. The first-order chi connectivity index (χ1) is 10.2. The number of benzene rings is 2. The van der Waals surface area contributed by atoms with E-state index >= 15 is 0 Å². The molecule has 5 heteroatoms. The molecule has 1 heterocycles. The number of aryl methyl sites for hydroxylation is 1. The Bertz CT molecular complexity index is 737. The van der Waals surface area contributed by atoms with Gasteiger partial charge in [-0.3, -0.25) is 0 Å². The van der Waals surface area contributed by atoms with Gasteiger partial charge in [0.2, 0.25) is 0 Å². The zero-order valence-corrected chi connectivity index (χ0v) is 14.3. The van der Waals surface area contributed by atoms with E-state index in [-0.39, 0.29) is 0 Å². The first kappa shape index (κ1) is 14.8. The predicted octanol–water partition coefficient (Wildman–Crippen LogP) is 5.80. The maximum Gasteiger partial charge on any atom is 0.162 e. The van der Waals surface area contributed by atoms with Crippen LogP contribution >= 0.6 is 32.9 Å². The van der Waals surface area contributed by atoms with Crippen molar-refractivity contribution >= 4 is 43.1 Å². The maximum atomic E-state index is 5.53. The second kappa shape index (κ2) is 6.73. The molecule has 0 aliphatic carbocycles. The summed E-state index contributed by atoms with van der Waals surface area (Å²) < 4.78 is 7.78. The van der Waals surface area contributed by atoms with Gasteiger partial charge in [0.1, 0.15) is 5.75 Å². The monoisotopic (exact) mass is 333 g/mol. The summed E-state index contributed by atoms with van der Waals surface area (Å²) in [6.45, 7) is 4.79. The lowest BCUT2D eigenvalue weighted by Crippen LogP contribution is -1.89. The van der Waals surface area contributed by atoms with Crippen molar-refractivity contribution in [3.63, 3.8) is 0 Å². The molecule has 0 fully saturated rings. The van der Waals surface area contributed by atoms with Crippen molar-refractivity contribution in [2.75, 3.05) is 6.61 Å². The standard InChI is InChI=1S/C16H15NOS3/c1-3-18-12-6-9-14-15(10-12)19-16(17-14)21-20-13-7-4-11(2)5-8-13/h4-10H,3H2,1-2H3. The van der Waals surface area contributed by atoms with Crippen molar-refractivity contribution in [1.82, 2.24) is 4.98 Å². The van der Waals surface area contributed by atoms with E-state index in [0.29, 0.717) is 6.61 Å². The van der Waals surface area contributed by atoms with E-state index in [4.69, 9.17) is 4.74 Å². The number of nitrogens with zero attached hydrogens (tertiary/aromatic N) is 1. The molecular formula is C16H15NOS3. The van der Waals surface area contributed by atoms with Gasteiger partial charge in [0.25, 0.3) is 0 Å². The van der Waals surface area contributed by atoms with Crippen LogP contribution in [-0.2, 0) is 0 Å². The minimum absolute atomic E-state index is 0.690. The van der Waals surface area contributed by atoms with Crippen molar-refractivity contribution in [2.24, 2.45) is 0 Å². The van der Waals surface area contributed by atoms with Crippen LogP contribution in [0.25, 0.3) is 10.2 Å². The van der Waals surface area contributed by atoms with Crippen molar-refractivity contribution in [2.45, 2.75) is 23.1 Å². The van der Waals surface area contributed by atoms with Gasteiger partial charge in [-0.25, -0.2) is 4.98 Å². The SMILES string of the molecule is CCOc1ccc2nc(SSc3ccc(C)cc3)sc2c1. The Morgan fingerprint density at radius 3 is 2.67 bits per heavy atom. The fraction of sp³-hybridized carbons (Fsp3) is 0.188. The molecule has 0 atom stereocenters. The molecule has 0 saturated carbocycles. The first-order valence-corrected chi connectivity index (χ1v) is 9.66. The number of ether oxygens (including phenoxy) is 1. The molecule has 0 unspecified atom stereocenters. The molecule has 1 aromatic heterocycles. The van der Waals surface area contributed by atoms with Gasteiger partial charge in [-0.05, 0) is 55.0 Å². The maximum absolute atomic E-state index is 5.53. The van der Waals surface area contributed by atoms with Gasteiger partial charge in [0.05, 0.1) is 16.8 Å². The van der Waals surface area contributed by atoms with Crippen molar-refractivity contribution in [1.29, 1.82) is 0 Å². The summed E-state index contributed by atoms with van der Waals surface area (Å²) in [6, 6.07) is 14.6. The third-order valence-electron chi connectivity index (χ3n) is 2.88. The van der Waals surface area contributed by atoms with Crippen LogP contribution in [0.1, 0.15) is 12.5 Å². The van der Waals surface area contributed by atoms with Crippen LogP contribution in [0.2, 0.25) is 0 Å². The highest BCUT2D eigenvalue weighted by molar-refractivity contribution is 8.77. The Labute approximate surface area is 136 Å². The summed E-state index contributed by atoms with van der Waals surface area (Å²) in [5.74, 6) is 0.913. The van der Waals surface area contributed by atoms with E-state index in [0.717, 1.165) is 15.6 Å². The Morgan fingerprint density at radius 2 is 1.90 bits per heavy atom. The van der Waals surface area contributed by atoms with Crippen molar-refractivity contribution < 1.29 is 4.74 Å². The summed E-state index contributed by atoms with van der Waals surface area (Å²) in [6.07, 6.45) is 0. The van der Waals surface area contributed by atoms with Gasteiger partial charge in [0.15, 0.2) is 4.34 Å². The molecule has 21 heavy (non-hydrogen) atoms. The summed E-state index contributed by atoms with van der Waals surface area (Å²) >= 11 is 1.71. The molecule has 0 amide bonds. The average Bonchev–Trinajstić information content (AvgIpc) is 2.89. The summed E-state index contributed by atoms with van der Waals surface area (Å²) in [4.78, 5) is 5.90. The predicted molar refractivity (Wildman–Crippen MR) is 93.7 cm³/mol. The highest BCUT2D eigenvalue weighted by atomic mass is 33.1. The number of aromatic nitrogens is 1. The van der Waals surface area contributed by atoms with E-state index in [1.807, 2.05) is 19.1 Å². The van der Waals surface area contributed by atoms with Crippen LogP contribution in [0.4, 0.5) is 0 Å². The fourth-order valence-corrected chi connectivity index (χ4v) is 5.09. The molecular weight excluding hydrogens is 318 g/mol. The van der Waals surface area contributed by atoms with Gasteiger partial charge in [-0.2, -0.15) is 0 Å². The van der Waals surface area contributed by atoms with Crippen LogP contribution in [0.15, 0.2) is 51.7 Å².